The Bertz CT molecular complexity index is 412. The number of nitrogens with one attached hydrogen (secondary N) is 1. The van der Waals surface area contributed by atoms with E-state index >= 15 is 0 Å². The fourth-order valence-electron chi connectivity index (χ4n) is 1.44. The third-order valence-electron chi connectivity index (χ3n) is 2.11. The van der Waals surface area contributed by atoms with Crippen molar-refractivity contribution in [3.05, 3.63) is 35.1 Å². The molecule has 1 aliphatic rings. The smallest absolute Gasteiger partial charge is 0.124 e. The van der Waals surface area contributed by atoms with Crippen molar-refractivity contribution < 1.29 is 4.39 Å². The molecule has 1 aromatic rings. The van der Waals surface area contributed by atoms with Crippen LogP contribution in [0.15, 0.2) is 23.3 Å². The monoisotopic (exact) mass is 189 g/mol. The summed E-state index contributed by atoms with van der Waals surface area (Å²) in [7, 11) is 0. The van der Waals surface area contributed by atoms with Crippen LogP contribution >= 0.6 is 0 Å². The summed E-state index contributed by atoms with van der Waals surface area (Å²) in [6.45, 7) is 0. The standard InChI is InChI=1S/C10H8FN3/c11-9-4-7(6-12)3-8(5-9)10-1-2-13-14-10/h2-5,10,14H,1H2. The molecule has 3 nitrogen and oxygen atoms in total. The molecule has 0 amide bonds. The number of nitriles is 1. The molecule has 14 heavy (non-hydrogen) atoms. The van der Waals surface area contributed by atoms with Gasteiger partial charge in [-0.25, -0.2) is 4.39 Å². The summed E-state index contributed by atoms with van der Waals surface area (Å²) in [4.78, 5) is 0. The van der Waals surface area contributed by atoms with Gasteiger partial charge in [0.2, 0.25) is 0 Å². The predicted octanol–water partition coefficient (Wildman–Crippen LogP) is 1.72. The second kappa shape index (κ2) is 3.46. The minimum absolute atomic E-state index is 0.00204. The SMILES string of the molecule is N#Cc1cc(F)cc(C2CC=NN2)c1. The molecule has 0 saturated heterocycles. The van der Waals surface area contributed by atoms with Gasteiger partial charge in [0.1, 0.15) is 5.82 Å². The van der Waals surface area contributed by atoms with Crippen molar-refractivity contribution in [3.63, 3.8) is 0 Å². The second-order valence-corrected chi connectivity index (χ2v) is 3.11. The zero-order chi connectivity index (χ0) is 9.97. The molecule has 0 saturated carbocycles. The van der Waals surface area contributed by atoms with Crippen LogP contribution in [0.3, 0.4) is 0 Å². The Morgan fingerprint density at radius 2 is 2.36 bits per heavy atom. The van der Waals surface area contributed by atoms with Crippen LogP contribution < -0.4 is 5.43 Å². The Morgan fingerprint density at radius 1 is 1.50 bits per heavy atom. The summed E-state index contributed by atoms with van der Waals surface area (Å²) < 4.78 is 13.0. The second-order valence-electron chi connectivity index (χ2n) is 3.11. The first kappa shape index (κ1) is 8.70. The first-order valence-corrected chi connectivity index (χ1v) is 4.27. The number of rotatable bonds is 1. The summed E-state index contributed by atoms with van der Waals surface area (Å²) in [5, 5.41) is 12.5. The molecule has 70 valence electrons. The van der Waals surface area contributed by atoms with Gasteiger partial charge >= 0.3 is 0 Å². The lowest BCUT2D eigenvalue weighted by atomic mass is 10.0. The van der Waals surface area contributed by atoms with Crippen LogP contribution in [0.25, 0.3) is 0 Å². The highest BCUT2D eigenvalue weighted by atomic mass is 19.1. The lowest BCUT2D eigenvalue weighted by Crippen LogP contribution is -2.10. The van der Waals surface area contributed by atoms with Gasteiger partial charge in [0.05, 0.1) is 17.7 Å². The van der Waals surface area contributed by atoms with E-state index < -0.39 is 0 Å². The number of hydrazone groups is 1. The van der Waals surface area contributed by atoms with E-state index in [-0.39, 0.29) is 11.9 Å². The number of benzene rings is 1. The summed E-state index contributed by atoms with van der Waals surface area (Å²) >= 11 is 0. The summed E-state index contributed by atoms with van der Waals surface area (Å²) in [6, 6.07) is 6.24. The largest absolute Gasteiger partial charge is 0.303 e. The van der Waals surface area contributed by atoms with E-state index in [1.54, 1.807) is 12.3 Å². The first-order chi connectivity index (χ1) is 6.79. The van der Waals surface area contributed by atoms with Crippen molar-refractivity contribution in [2.45, 2.75) is 12.5 Å². The lowest BCUT2D eigenvalue weighted by Gasteiger charge is -2.09. The summed E-state index contributed by atoms with van der Waals surface area (Å²) in [6.07, 6.45) is 2.47. The van der Waals surface area contributed by atoms with Crippen molar-refractivity contribution >= 4 is 6.21 Å². The highest BCUT2D eigenvalue weighted by molar-refractivity contribution is 5.60. The topological polar surface area (TPSA) is 48.2 Å². The van der Waals surface area contributed by atoms with Gasteiger partial charge in [-0.1, -0.05) is 0 Å². The highest BCUT2D eigenvalue weighted by Gasteiger charge is 2.14. The number of hydrogen-bond donors (Lipinski definition) is 1. The maximum atomic E-state index is 13.0. The highest BCUT2D eigenvalue weighted by Crippen LogP contribution is 2.21. The molecular weight excluding hydrogens is 181 g/mol. The van der Waals surface area contributed by atoms with Crippen LogP contribution in [-0.4, -0.2) is 6.21 Å². The minimum atomic E-state index is -0.382. The van der Waals surface area contributed by atoms with E-state index in [1.807, 2.05) is 6.07 Å². The minimum Gasteiger partial charge on any atom is -0.303 e. The van der Waals surface area contributed by atoms with Crippen molar-refractivity contribution in [1.82, 2.24) is 5.43 Å². The quantitative estimate of drug-likeness (QED) is 0.731. The van der Waals surface area contributed by atoms with Gasteiger partial charge in [0.15, 0.2) is 0 Å². The Morgan fingerprint density at radius 3 is 3.00 bits per heavy atom. The van der Waals surface area contributed by atoms with E-state index in [0.717, 1.165) is 12.0 Å². The molecule has 0 fully saturated rings. The fraction of sp³-hybridized carbons (Fsp3) is 0.200. The maximum absolute atomic E-state index is 13.0. The van der Waals surface area contributed by atoms with Crippen LogP contribution in [0.1, 0.15) is 23.6 Å². The van der Waals surface area contributed by atoms with Crippen molar-refractivity contribution in [3.8, 4) is 6.07 Å². The van der Waals surface area contributed by atoms with Gasteiger partial charge in [-0.2, -0.15) is 10.4 Å². The Balaban J connectivity index is 2.34. The summed E-state index contributed by atoms with van der Waals surface area (Å²) in [5.74, 6) is -0.382. The van der Waals surface area contributed by atoms with E-state index in [9.17, 15) is 4.39 Å². The fourth-order valence-corrected chi connectivity index (χ4v) is 1.44. The van der Waals surface area contributed by atoms with Crippen LogP contribution in [0.2, 0.25) is 0 Å². The van der Waals surface area contributed by atoms with Crippen molar-refractivity contribution in [1.29, 1.82) is 5.26 Å². The molecule has 0 radical (unpaired) electrons. The predicted molar refractivity (Wildman–Crippen MR) is 50.1 cm³/mol. The third-order valence-corrected chi connectivity index (χ3v) is 2.11. The molecule has 4 heteroatoms. The molecule has 0 aliphatic carbocycles. The van der Waals surface area contributed by atoms with E-state index in [1.165, 1.54) is 12.1 Å². The van der Waals surface area contributed by atoms with E-state index in [0.29, 0.717) is 5.56 Å². The zero-order valence-electron chi connectivity index (χ0n) is 7.37. The number of halogens is 1. The van der Waals surface area contributed by atoms with Crippen molar-refractivity contribution in [2.75, 3.05) is 0 Å². The first-order valence-electron chi connectivity index (χ1n) is 4.27. The van der Waals surface area contributed by atoms with Crippen LogP contribution in [0.5, 0.6) is 0 Å². The molecule has 1 unspecified atom stereocenters. The maximum Gasteiger partial charge on any atom is 0.124 e. The van der Waals surface area contributed by atoms with Gasteiger partial charge in [0.25, 0.3) is 0 Å². The average Bonchev–Trinajstić information content (AvgIpc) is 2.69. The van der Waals surface area contributed by atoms with Crippen LogP contribution in [-0.2, 0) is 0 Å². The van der Waals surface area contributed by atoms with Gasteiger partial charge < -0.3 is 5.43 Å². The molecule has 1 aromatic carbocycles. The Kier molecular flexibility index (Phi) is 2.15. The third kappa shape index (κ3) is 1.57. The van der Waals surface area contributed by atoms with E-state index in [2.05, 4.69) is 10.5 Å². The molecule has 2 rings (SSSR count). The molecular formula is C10H8FN3. The van der Waals surface area contributed by atoms with Gasteiger partial charge in [-0.15, -0.1) is 0 Å². The van der Waals surface area contributed by atoms with Crippen LogP contribution in [0, 0.1) is 17.1 Å². The van der Waals surface area contributed by atoms with Gasteiger partial charge in [0, 0.05) is 12.6 Å². The Hall–Kier alpha value is -1.89. The van der Waals surface area contributed by atoms with E-state index in [4.69, 9.17) is 5.26 Å². The molecule has 0 spiro atoms. The molecule has 1 N–H and O–H groups in total. The van der Waals surface area contributed by atoms with Crippen molar-refractivity contribution in [2.24, 2.45) is 5.10 Å². The molecule has 1 heterocycles. The van der Waals surface area contributed by atoms with Gasteiger partial charge in [-0.3, -0.25) is 0 Å². The molecule has 1 atom stereocenters. The molecule has 1 aliphatic heterocycles. The summed E-state index contributed by atoms with van der Waals surface area (Å²) in [5.41, 5.74) is 3.95. The normalized spacial score (nSPS) is 19.0. The van der Waals surface area contributed by atoms with Crippen LogP contribution in [0.4, 0.5) is 4.39 Å². The molecule has 0 bridgehead atoms. The number of hydrogen-bond acceptors (Lipinski definition) is 3. The number of nitrogens with zero attached hydrogens (tertiary/aromatic N) is 2. The van der Waals surface area contributed by atoms with Gasteiger partial charge in [-0.05, 0) is 23.8 Å². The zero-order valence-corrected chi connectivity index (χ0v) is 7.37. The average molecular weight is 189 g/mol. The molecule has 0 aromatic heterocycles. The Labute approximate surface area is 80.9 Å². The lowest BCUT2D eigenvalue weighted by molar-refractivity contribution is 0.595.